The molecule has 2 atom stereocenters. The van der Waals surface area contributed by atoms with Crippen molar-refractivity contribution in [2.24, 2.45) is 0 Å². The van der Waals surface area contributed by atoms with E-state index in [2.05, 4.69) is 15.2 Å². The molecule has 1 heterocycles. The van der Waals surface area contributed by atoms with Crippen molar-refractivity contribution in [3.05, 3.63) is 101 Å². The number of nitrogens with one attached hydrogen (secondary N) is 2. The minimum atomic E-state index is -0.608. The zero-order valence-electron chi connectivity index (χ0n) is 18.0. The number of aliphatic hydroxyl groups is 1. The number of aliphatic hydroxyl groups excluding tert-OH is 1. The van der Waals surface area contributed by atoms with Crippen LogP contribution >= 0.6 is 11.6 Å². The first-order valence-corrected chi connectivity index (χ1v) is 10.9. The van der Waals surface area contributed by atoms with E-state index in [0.717, 1.165) is 22.0 Å². The molecule has 2 unspecified atom stereocenters. The average Bonchev–Trinajstić information content (AvgIpc) is 3.19. The molecule has 4 rings (SSSR count). The summed E-state index contributed by atoms with van der Waals surface area (Å²) in [5.74, 6) is -0.211. The zero-order chi connectivity index (χ0) is 22.7. The summed E-state index contributed by atoms with van der Waals surface area (Å²) < 4.78 is 2.08. The van der Waals surface area contributed by atoms with Gasteiger partial charge in [0.2, 0.25) is 0 Å². The van der Waals surface area contributed by atoms with Crippen molar-refractivity contribution >= 4 is 34.1 Å². The van der Waals surface area contributed by atoms with Crippen LogP contribution in [0.3, 0.4) is 0 Å². The molecule has 0 saturated heterocycles. The molecule has 6 heteroatoms. The minimum absolute atomic E-state index is 0.211. The van der Waals surface area contributed by atoms with E-state index < -0.39 is 6.10 Å². The van der Waals surface area contributed by atoms with Crippen LogP contribution in [-0.2, 0) is 0 Å². The van der Waals surface area contributed by atoms with Crippen LogP contribution in [0.2, 0.25) is 5.02 Å². The van der Waals surface area contributed by atoms with Crippen LogP contribution in [0.5, 0.6) is 0 Å². The number of carbonyl (C=O) groups excluding carboxylic acids is 1. The smallest absolute Gasteiger partial charge is 0.255 e. The van der Waals surface area contributed by atoms with Gasteiger partial charge in [0, 0.05) is 39.9 Å². The molecule has 0 aliphatic rings. The third-order valence-corrected chi connectivity index (χ3v) is 6.04. The summed E-state index contributed by atoms with van der Waals surface area (Å²) in [5.41, 5.74) is 4.15. The maximum absolute atomic E-state index is 12.7. The van der Waals surface area contributed by atoms with Gasteiger partial charge in [0.25, 0.3) is 5.91 Å². The van der Waals surface area contributed by atoms with Gasteiger partial charge in [-0.1, -0.05) is 48.0 Å². The molecule has 0 radical (unpaired) electrons. The molecule has 3 N–H and O–H groups in total. The lowest BCUT2D eigenvalue weighted by molar-refractivity contribution is 0.102. The predicted molar refractivity (Wildman–Crippen MR) is 131 cm³/mol. The number of nitrogens with zero attached hydrogens (tertiary/aromatic N) is 1. The quantitative estimate of drug-likeness (QED) is 0.372. The standard InChI is InChI=1S/C26H26ClN3O2/c1-17-8-9-20(15-22(17)27)26(32)29-21-10-11-23-19(14-21)12-13-30(23)25(24(31)16-28-2)18-6-4-3-5-7-18/h3-15,24-25,28,31H,16H2,1-2H3,(H,29,32). The van der Waals surface area contributed by atoms with Crippen molar-refractivity contribution in [1.82, 2.24) is 9.88 Å². The van der Waals surface area contributed by atoms with Gasteiger partial charge in [0.15, 0.2) is 0 Å². The Morgan fingerprint density at radius 3 is 2.56 bits per heavy atom. The Kier molecular flexibility index (Phi) is 6.61. The molecule has 0 aliphatic heterocycles. The van der Waals surface area contributed by atoms with E-state index in [0.29, 0.717) is 22.8 Å². The zero-order valence-corrected chi connectivity index (χ0v) is 18.8. The van der Waals surface area contributed by atoms with E-state index in [1.165, 1.54) is 0 Å². The number of halogens is 1. The highest BCUT2D eigenvalue weighted by atomic mass is 35.5. The topological polar surface area (TPSA) is 66.3 Å². The molecule has 5 nitrogen and oxygen atoms in total. The first-order valence-electron chi connectivity index (χ1n) is 10.5. The Morgan fingerprint density at radius 1 is 1.06 bits per heavy atom. The minimum Gasteiger partial charge on any atom is -0.389 e. The lowest BCUT2D eigenvalue weighted by Crippen LogP contribution is -2.33. The van der Waals surface area contributed by atoms with Gasteiger partial charge in [-0.15, -0.1) is 0 Å². The largest absolute Gasteiger partial charge is 0.389 e. The first-order chi connectivity index (χ1) is 15.5. The summed E-state index contributed by atoms with van der Waals surface area (Å²) in [5, 5.41) is 18.4. The van der Waals surface area contributed by atoms with Crippen LogP contribution in [0.1, 0.15) is 27.5 Å². The second kappa shape index (κ2) is 9.57. The number of fused-ring (bicyclic) bond motifs is 1. The van der Waals surface area contributed by atoms with Crippen molar-refractivity contribution in [3.63, 3.8) is 0 Å². The lowest BCUT2D eigenvalue weighted by Gasteiger charge is -2.26. The van der Waals surface area contributed by atoms with E-state index in [4.69, 9.17) is 11.6 Å². The van der Waals surface area contributed by atoms with E-state index >= 15 is 0 Å². The summed E-state index contributed by atoms with van der Waals surface area (Å²) >= 11 is 6.16. The third kappa shape index (κ3) is 4.55. The van der Waals surface area contributed by atoms with Gasteiger partial charge in [-0.05, 0) is 61.5 Å². The van der Waals surface area contributed by atoms with Gasteiger partial charge in [-0.3, -0.25) is 4.79 Å². The molecule has 1 aromatic heterocycles. The second-order valence-corrected chi connectivity index (χ2v) is 8.30. The molecule has 4 aromatic rings. The fourth-order valence-electron chi connectivity index (χ4n) is 3.96. The van der Waals surface area contributed by atoms with Crippen molar-refractivity contribution < 1.29 is 9.90 Å². The van der Waals surface area contributed by atoms with Crippen LogP contribution in [0, 0.1) is 6.92 Å². The van der Waals surface area contributed by atoms with Crippen molar-refractivity contribution in [2.75, 3.05) is 18.9 Å². The van der Waals surface area contributed by atoms with Gasteiger partial charge < -0.3 is 20.3 Å². The van der Waals surface area contributed by atoms with Gasteiger partial charge in [-0.25, -0.2) is 0 Å². The molecule has 0 aliphatic carbocycles. The Labute approximate surface area is 192 Å². The number of amides is 1. The number of benzene rings is 3. The SMILES string of the molecule is CNCC(O)C(c1ccccc1)n1ccc2cc(NC(=O)c3ccc(C)c(Cl)c3)ccc21. The molecule has 1 amide bonds. The lowest BCUT2D eigenvalue weighted by atomic mass is 10.0. The Hall–Kier alpha value is -3.12. The third-order valence-electron chi connectivity index (χ3n) is 5.63. The van der Waals surface area contributed by atoms with Gasteiger partial charge in [0.05, 0.1) is 12.1 Å². The molecule has 0 saturated carbocycles. The van der Waals surface area contributed by atoms with Crippen LogP contribution in [-0.4, -0.2) is 35.3 Å². The van der Waals surface area contributed by atoms with E-state index in [-0.39, 0.29) is 11.9 Å². The first kappa shape index (κ1) is 22.1. The van der Waals surface area contributed by atoms with E-state index in [9.17, 15) is 9.90 Å². The number of hydrogen-bond acceptors (Lipinski definition) is 3. The molecule has 0 spiro atoms. The molecule has 0 bridgehead atoms. The number of aromatic nitrogens is 1. The van der Waals surface area contributed by atoms with Crippen molar-refractivity contribution in [3.8, 4) is 0 Å². The molecular weight excluding hydrogens is 422 g/mol. The molecular formula is C26H26ClN3O2. The Morgan fingerprint density at radius 2 is 1.84 bits per heavy atom. The van der Waals surface area contributed by atoms with Gasteiger partial charge in [-0.2, -0.15) is 0 Å². The maximum atomic E-state index is 12.7. The van der Waals surface area contributed by atoms with Crippen molar-refractivity contribution in [2.45, 2.75) is 19.1 Å². The monoisotopic (exact) mass is 447 g/mol. The fraction of sp³-hybridized carbons (Fsp3) is 0.192. The second-order valence-electron chi connectivity index (χ2n) is 7.90. The molecule has 3 aromatic carbocycles. The van der Waals surface area contributed by atoms with Crippen LogP contribution < -0.4 is 10.6 Å². The molecule has 164 valence electrons. The van der Waals surface area contributed by atoms with Gasteiger partial charge in [0.1, 0.15) is 0 Å². The number of hydrogen-bond donors (Lipinski definition) is 3. The number of rotatable bonds is 7. The average molecular weight is 448 g/mol. The highest BCUT2D eigenvalue weighted by molar-refractivity contribution is 6.31. The fourth-order valence-corrected chi connectivity index (χ4v) is 4.14. The summed E-state index contributed by atoms with van der Waals surface area (Å²) in [6.07, 6.45) is 1.37. The molecule has 32 heavy (non-hydrogen) atoms. The summed E-state index contributed by atoms with van der Waals surface area (Å²) in [6, 6.07) is 22.8. The van der Waals surface area contributed by atoms with E-state index in [1.54, 1.807) is 12.1 Å². The Balaban J connectivity index is 1.64. The summed E-state index contributed by atoms with van der Waals surface area (Å²) in [7, 11) is 1.83. The maximum Gasteiger partial charge on any atom is 0.255 e. The molecule has 0 fully saturated rings. The normalized spacial score (nSPS) is 13.1. The van der Waals surface area contributed by atoms with Crippen LogP contribution in [0.4, 0.5) is 5.69 Å². The number of anilines is 1. The number of aryl methyl sites for hydroxylation is 1. The summed E-state index contributed by atoms with van der Waals surface area (Å²) in [4.78, 5) is 12.7. The predicted octanol–water partition coefficient (Wildman–Crippen LogP) is 5.03. The van der Waals surface area contributed by atoms with Crippen molar-refractivity contribution in [1.29, 1.82) is 0 Å². The van der Waals surface area contributed by atoms with Crippen LogP contribution in [0.25, 0.3) is 10.9 Å². The highest BCUT2D eigenvalue weighted by Crippen LogP contribution is 2.29. The van der Waals surface area contributed by atoms with E-state index in [1.807, 2.05) is 80.8 Å². The number of carbonyl (C=O) groups is 1. The Bertz CT molecular complexity index is 1240. The van der Waals surface area contributed by atoms with Crippen LogP contribution in [0.15, 0.2) is 79.0 Å². The summed E-state index contributed by atoms with van der Waals surface area (Å²) in [6.45, 7) is 2.37. The highest BCUT2D eigenvalue weighted by Gasteiger charge is 2.23. The number of likely N-dealkylation sites (N-methyl/N-ethyl adjacent to an activating group) is 1. The van der Waals surface area contributed by atoms with Gasteiger partial charge >= 0.3 is 0 Å².